The van der Waals surface area contributed by atoms with Crippen LogP contribution in [0.3, 0.4) is 0 Å². The first-order valence-corrected chi connectivity index (χ1v) is 3.95. The van der Waals surface area contributed by atoms with E-state index in [1.165, 1.54) is 12.1 Å². The summed E-state index contributed by atoms with van der Waals surface area (Å²) in [6.45, 7) is 3.32. The fraction of sp³-hybridized carbons (Fsp3) is 0.111. The molecule has 0 aliphatic rings. The van der Waals surface area contributed by atoms with Gasteiger partial charge < -0.3 is 0 Å². The normalized spacial score (nSPS) is 11.5. The van der Waals surface area contributed by atoms with Gasteiger partial charge in [-0.3, -0.25) is 4.99 Å². The Morgan fingerprint density at radius 2 is 2.15 bits per heavy atom. The van der Waals surface area contributed by atoms with Crippen molar-refractivity contribution in [3.05, 3.63) is 34.6 Å². The van der Waals surface area contributed by atoms with E-state index in [4.69, 9.17) is 11.6 Å². The zero-order valence-corrected chi connectivity index (χ0v) is 7.85. The molecule has 0 saturated heterocycles. The minimum atomic E-state index is -0.410. The first-order chi connectivity index (χ1) is 6.17. The Hall–Kier alpha value is -1.22. The van der Waals surface area contributed by atoms with E-state index in [1.807, 2.05) is 0 Å². The number of benzene rings is 1. The Bertz CT molecular complexity index is 340. The second-order valence-electron chi connectivity index (χ2n) is 2.36. The first kappa shape index (κ1) is 9.86. The molecule has 0 radical (unpaired) electrons. The monoisotopic (exact) mass is 198 g/mol. The van der Waals surface area contributed by atoms with Crippen molar-refractivity contribution in [2.45, 2.75) is 0 Å². The van der Waals surface area contributed by atoms with Crippen LogP contribution in [-0.2, 0) is 0 Å². The Morgan fingerprint density at radius 1 is 1.46 bits per heavy atom. The molecule has 0 saturated carbocycles. The summed E-state index contributed by atoms with van der Waals surface area (Å²) < 4.78 is 12.9. The summed E-state index contributed by atoms with van der Waals surface area (Å²) in [7, 11) is 1.56. The van der Waals surface area contributed by atoms with Crippen LogP contribution in [0.5, 0.6) is 0 Å². The van der Waals surface area contributed by atoms with Gasteiger partial charge in [0.05, 0.1) is 0 Å². The molecule has 13 heavy (non-hydrogen) atoms. The van der Waals surface area contributed by atoms with E-state index in [2.05, 4.69) is 16.7 Å². The second-order valence-corrected chi connectivity index (χ2v) is 2.80. The number of halogens is 2. The van der Waals surface area contributed by atoms with Gasteiger partial charge in [-0.15, -0.1) is 0 Å². The maximum absolute atomic E-state index is 12.9. The fourth-order valence-electron chi connectivity index (χ4n) is 0.974. The van der Waals surface area contributed by atoms with Gasteiger partial charge in [-0.05, 0) is 24.9 Å². The Morgan fingerprint density at radius 3 is 2.62 bits per heavy atom. The summed E-state index contributed by atoms with van der Waals surface area (Å²) in [4.78, 5) is 7.45. The maximum atomic E-state index is 12.9. The molecule has 4 heteroatoms. The van der Waals surface area contributed by atoms with Crippen LogP contribution < -0.4 is 0 Å². The van der Waals surface area contributed by atoms with Gasteiger partial charge in [0.2, 0.25) is 0 Å². The van der Waals surface area contributed by atoms with Crippen LogP contribution in [0.25, 0.3) is 0 Å². The van der Waals surface area contributed by atoms with E-state index < -0.39 is 5.82 Å². The van der Waals surface area contributed by atoms with Gasteiger partial charge in [0, 0.05) is 17.6 Å². The topological polar surface area (TPSA) is 24.7 Å². The molecule has 1 rings (SSSR count). The average Bonchev–Trinajstić information content (AvgIpc) is 2.04. The summed E-state index contributed by atoms with van der Waals surface area (Å²) in [5.41, 5.74) is 0.530. The molecule has 0 aliphatic carbocycles. The van der Waals surface area contributed by atoms with Gasteiger partial charge >= 0.3 is 0 Å². The molecule has 1 aromatic rings. The molecule has 0 atom stereocenters. The molecular weight excluding hydrogens is 191 g/mol. The van der Waals surface area contributed by atoms with Crippen LogP contribution in [0.4, 0.5) is 4.39 Å². The summed E-state index contributed by atoms with van der Waals surface area (Å²) in [5, 5.41) is 0.319. The molecule has 0 N–H and O–H groups in total. The van der Waals surface area contributed by atoms with Gasteiger partial charge in [0.15, 0.2) is 5.84 Å². The number of rotatable bonds is 1. The molecule has 0 bridgehead atoms. The number of hydrogen-bond donors (Lipinski definition) is 0. The molecular formula is C9H8ClFN2. The predicted octanol–water partition coefficient (Wildman–Crippen LogP) is 2.56. The number of hydrogen-bond acceptors (Lipinski definition) is 1. The molecule has 0 heterocycles. The number of nitrogens with zero attached hydrogens (tertiary/aromatic N) is 2. The van der Waals surface area contributed by atoms with E-state index in [1.54, 1.807) is 13.1 Å². The van der Waals surface area contributed by atoms with Gasteiger partial charge in [-0.2, -0.15) is 0 Å². The van der Waals surface area contributed by atoms with E-state index in [0.29, 0.717) is 16.4 Å². The van der Waals surface area contributed by atoms with Crippen molar-refractivity contribution < 1.29 is 4.39 Å². The SMILES string of the molecule is C=NC(=NC)c1cc(F)cc(Cl)c1. The van der Waals surface area contributed by atoms with Crippen LogP contribution >= 0.6 is 11.6 Å². The average molecular weight is 199 g/mol. The standard InChI is InChI=1S/C9H8ClFN2/c1-12-9(13-2)6-3-7(10)5-8(11)4-6/h3-5H,1H2,2H3. The third-order valence-corrected chi connectivity index (χ3v) is 1.70. The van der Waals surface area contributed by atoms with Gasteiger partial charge in [-0.1, -0.05) is 11.6 Å². The number of amidine groups is 1. The van der Waals surface area contributed by atoms with E-state index in [-0.39, 0.29) is 0 Å². The highest BCUT2D eigenvalue weighted by Gasteiger charge is 2.03. The van der Waals surface area contributed by atoms with E-state index >= 15 is 0 Å². The van der Waals surface area contributed by atoms with Crippen LogP contribution in [0, 0.1) is 5.82 Å². The zero-order chi connectivity index (χ0) is 9.84. The summed E-state index contributed by atoms with van der Waals surface area (Å²) in [6, 6.07) is 4.12. The zero-order valence-electron chi connectivity index (χ0n) is 7.09. The van der Waals surface area contributed by atoms with Crippen LogP contribution in [0.15, 0.2) is 28.2 Å². The van der Waals surface area contributed by atoms with Crippen LogP contribution in [0.1, 0.15) is 5.56 Å². The fourth-order valence-corrected chi connectivity index (χ4v) is 1.20. The molecule has 0 aliphatic heterocycles. The predicted molar refractivity (Wildman–Crippen MR) is 53.4 cm³/mol. The van der Waals surface area contributed by atoms with Crippen LogP contribution in [-0.4, -0.2) is 19.6 Å². The van der Waals surface area contributed by atoms with Crippen LogP contribution in [0.2, 0.25) is 5.02 Å². The van der Waals surface area contributed by atoms with Crippen molar-refractivity contribution in [3.8, 4) is 0 Å². The lowest BCUT2D eigenvalue weighted by molar-refractivity contribution is 0.627. The number of aliphatic imine (C=N–C) groups is 2. The van der Waals surface area contributed by atoms with Crippen molar-refractivity contribution >= 4 is 24.2 Å². The molecule has 0 unspecified atom stereocenters. The quantitative estimate of drug-likeness (QED) is 0.490. The minimum absolute atomic E-state index is 0.319. The van der Waals surface area contributed by atoms with E-state index in [9.17, 15) is 4.39 Å². The lowest BCUT2D eigenvalue weighted by Gasteiger charge is -2.00. The first-order valence-electron chi connectivity index (χ1n) is 3.57. The lowest BCUT2D eigenvalue weighted by Crippen LogP contribution is -1.96. The van der Waals surface area contributed by atoms with Crippen molar-refractivity contribution in [1.29, 1.82) is 0 Å². The summed E-state index contributed by atoms with van der Waals surface area (Å²) >= 11 is 5.65. The third kappa shape index (κ3) is 2.36. The van der Waals surface area contributed by atoms with Gasteiger partial charge in [-0.25, -0.2) is 9.38 Å². The smallest absolute Gasteiger partial charge is 0.153 e. The van der Waals surface area contributed by atoms with E-state index in [0.717, 1.165) is 0 Å². The molecule has 68 valence electrons. The Kier molecular flexibility index (Phi) is 3.14. The molecule has 2 nitrogen and oxygen atoms in total. The summed E-state index contributed by atoms with van der Waals surface area (Å²) in [5.74, 6) is -0.0336. The Labute approximate surface area is 80.8 Å². The summed E-state index contributed by atoms with van der Waals surface area (Å²) in [6.07, 6.45) is 0. The maximum Gasteiger partial charge on any atom is 0.153 e. The lowest BCUT2D eigenvalue weighted by atomic mass is 10.2. The Balaban J connectivity index is 3.21. The van der Waals surface area contributed by atoms with Gasteiger partial charge in [0.25, 0.3) is 0 Å². The second kappa shape index (κ2) is 4.14. The van der Waals surface area contributed by atoms with Gasteiger partial charge in [0.1, 0.15) is 5.82 Å². The third-order valence-electron chi connectivity index (χ3n) is 1.48. The van der Waals surface area contributed by atoms with Crippen molar-refractivity contribution in [1.82, 2.24) is 0 Å². The molecule has 0 amide bonds. The molecule has 0 aromatic heterocycles. The van der Waals surface area contributed by atoms with Crippen molar-refractivity contribution in [2.24, 2.45) is 9.98 Å². The highest BCUT2D eigenvalue weighted by molar-refractivity contribution is 6.31. The largest absolute Gasteiger partial charge is 0.270 e. The van der Waals surface area contributed by atoms with Crippen molar-refractivity contribution in [2.75, 3.05) is 7.05 Å². The molecule has 0 spiro atoms. The minimum Gasteiger partial charge on any atom is -0.270 e. The molecule has 0 fully saturated rings. The highest BCUT2D eigenvalue weighted by atomic mass is 35.5. The molecule has 1 aromatic carbocycles. The van der Waals surface area contributed by atoms with Crippen molar-refractivity contribution in [3.63, 3.8) is 0 Å². The highest BCUT2D eigenvalue weighted by Crippen LogP contribution is 2.15.